The first-order valence-electron chi connectivity index (χ1n) is 8.26. The summed E-state index contributed by atoms with van der Waals surface area (Å²) in [5.74, 6) is 0.757. The highest BCUT2D eigenvalue weighted by Crippen LogP contribution is 2.32. The summed E-state index contributed by atoms with van der Waals surface area (Å²) in [6.07, 6.45) is 3.62. The summed E-state index contributed by atoms with van der Waals surface area (Å²) in [7, 11) is 0. The molecule has 3 aromatic heterocycles. The second-order valence-corrected chi connectivity index (χ2v) is 7.08. The van der Waals surface area contributed by atoms with Gasteiger partial charge in [0, 0.05) is 24.7 Å². The molecule has 1 atom stereocenters. The fourth-order valence-electron chi connectivity index (χ4n) is 3.20. The van der Waals surface area contributed by atoms with Gasteiger partial charge < -0.3 is 14.7 Å². The highest BCUT2D eigenvalue weighted by molar-refractivity contribution is 7.13. The maximum absolute atomic E-state index is 12.7. The summed E-state index contributed by atoms with van der Waals surface area (Å²) in [6, 6.07) is 5.81. The molecule has 1 aliphatic rings. The molecule has 130 valence electrons. The number of likely N-dealkylation sites (tertiary alicyclic amines) is 1. The zero-order valence-electron chi connectivity index (χ0n) is 13.9. The van der Waals surface area contributed by atoms with Gasteiger partial charge in [0.2, 0.25) is 0 Å². The first-order chi connectivity index (χ1) is 12.2. The number of carbonyl (C=O) groups excluding carboxylic acids is 1. The Kier molecular flexibility index (Phi) is 4.27. The van der Waals surface area contributed by atoms with Gasteiger partial charge >= 0.3 is 6.03 Å². The normalized spacial score (nSPS) is 17.2. The van der Waals surface area contributed by atoms with Gasteiger partial charge in [-0.1, -0.05) is 11.2 Å². The van der Waals surface area contributed by atoms with Crippen LogP contribution >= 0.6 is 11.3 Å². The quantitative estimate of drug-likeness (QED) is 0.748. The number of thiophene rings is 1. The topological polar surface area (TPSA) is 87.0 Å². The minimum Gasteiger partial charge on any atom is -0.359 e. The lowest BCUT2D eigenvalue weighted by atomic mass is 10.1. The van der Waals surface area contributed by atoms with Crippen LogP contribution in [0.2, 0.25) is 0 Å². The van der Waals surface area contributed by atoms with E-state index in [9.17, 15) is 4.79 Å². The summed E-state index contributed by atoms with van der Waals surface area (Å²) in [5.41, 5.74) is 2.77. The molecule has 1 unspecified atom stereocenters. The van der Waals surface area contributed by atoms with Crippen LogP contribution in [0.25, 0.3) is 10.6 Å². The summed E-state index contributed by atoms with van der Waals surface area (Å²) >= 11 is 1.64. The number of rotatable bonds is 4. The molecule has 0 aliphatic carbocycles. The highest BCUT2D eigenvalue weighted by atomic mass is 32.1. The maximum Gasteiger partial charge on any atom is 0.318 e. The Morgan fingerprint density at radius 1 is 1.56 bits per heavy atom. The van der Waals surface area contributed by atoms with E-state index >= 15 is 0 Å². The molecule has 2 amide bonds. The van der Waals surface area contributed by atoms with Crippen LogP contribution in [0.5, 0.6) is 0 Å². The number of amides is 2. The van der Waals surface area contributed by atoms with Crippen LogP contribution in [0.1, 0.15) is 35.9 Å². The van der Waals surface area contributed by atoms with E-state index in [1.165, 1.54) is 0 Å². The van der Waals surface area contributed by atoms with Crippen molar-refractivity contribution < 1.29 is 9.32 Å². The van der Waals surface area contributed by atoms with Gasteiger partial charge in [0.15, 0.2) is 5.76 Å². The third kappa shape index (κ3) is 3.17. The van der Waals surface area contributed by atoms with Crippen molar-refractivity contribution >= 4 is 17.4 Å². The average Bonchev–Trinajstić information content (AvgIpc) is 3.37. The summed E-state index contributed by atoms with van der Waals surface area (Å²) in [5, 5.41) is 16.1. The summed E-state index contributed by atoms with van der Waals surface area (Å²) < 4.78 is 5.36. The molecule has 1 aliphatic heterocycles. The number of aromatic nitrogens is 3. The number of H-pyrrole nitrogens is 1. The molecular formula is C17H19N5O2S. The molecule has 0 saturated carbocycles. The van der Waals surface area contributed by atoms with Crippen LogP contribution in [-0.2, 0) is 6.54 Å². The monoisotopic (exact) mass is 357 g/mol. The molecule has 8 heteroatoms. The van der Waals surface area contributed by atoms with Crippen molar-refractivity contribution in [2.75, 3.05) is 6.54 Å². The Morgan fingerprint density at radius 2 is 2.48 bits per heavy atom. The van der Waals surface area contributed by atoms with Crippen LogP contribution in [0.4, 0.5) is 4.79 Å². The first kappa shape index (κ1) is 15.9. The Bertz CT molecular complexity index is 854. The number of aryl methyl sites for hydroxylation is 1. The molecule has 0 aromatic carbocycles. The fraction of sp³-hybridized carbons (Fsp3) is 0.353. The number of nitrogens with zero attached hydrogens (tertiary/aromatic N) is 3. The molecule has 3 aromatic rings. The van der Waals surface area contributed by atoms with Crippen LogP contribution in [0, 0.1) is 6.92 Å². The molecule has 0 radical (unpaired) electrons. The maximum atomic E-state index is 12.7. The van der Waals surface area contributed by atoms with Crippen LogP contribution in [0.15, 0.2) is 34.3 Å². The number of hydrogen-bond acceptors (Lipinski definition) is 5. The van der Waals surface area contributed by atoms with E-state index in [1.54, 1.807) is 17.5 Å². The zero-order chi connectivity index (χ0) is 17.2. The predicted octanol–water partition coefficient (Wildman–Crippen LogP) is 3.48. The highest BCUT2D eigenvalue weighted by Gasteiger charge is 2.32. The Labute approximate surface area is 149 Å². The van der Waals surface area contributed by atoms with Crippen molar-refractivity contribution in [2.45, 2.75) is 32.4 Å². The first-order valence-corrected chi connectivity index (χ1v) is 9.14. The standard InChI is InChI=1S/C17H19N5O2S/c1-11-8-14(24-21-11)13-4-2-6-22(13)17(23)18-9-12-10-19-20-16(12)15-5-3-7-25-15/h3,5,7-8,10,13H,2,4,6,9H2,1H3,(H,18,23)(H,19,20). The van der Waals surface area contributed by atoms with E-state index in [4.69, 9.17) is 4.52 Å². The molecule has 1 saturated heterocycles. The second kappa shape index (κ2) is 6.72. The smallest absolute Gasteiger partial charge is 0.318 e. The summed E-state index contributed by atoms with van der Waals surface area (Å²) in [4.78, 5) is 15.6. The molecule has 4 rings (SSSR count). The Morgan fingerprint density at radius 3 is 3.24 bits per heavy atom. The number of aromatic amines is 1. The van der Waals surface area contributed by atoms with Gasteiger partial charge in [-0.05, 0) is 31.2 Å². The second-order valence-electron chi connectivity index (χ2n) is 6.13. The molecule has 25 heavy (non-hydrogen) atoms. The van der Waals surface area contributed by atoms with E-state index in [0.717, 1.165) is 47.0 Å². The molecular weight excluding hydrogens is 338 g/mol. The van der Waals surface area contributed by atoms with E-state index in [2.05, 4.69) is 20.7 Å². The van der Waals surface area contributed by atoms with Crippen molar-refractivity contribution in [2.24, 2.45) is 0 Å². The van der Waals surface area contributed by atoms with Gasteiger partial charge in [0.25, 0.3) is 0 Å². The SMILES string of the molecule is Cc1cc(C2CCCN2C(=O)NCc2cn[nH]c2-c2cccs2)on1. The molecule has 7 nitrogen and oxygen atoms in total. The van der Waals surface area contributed by atoms with Crippen LogP contribution in [-0.4, -0.2) is 32.8 Å². The molecule has 4 heterocycles. The van der Waals surface area contributed by atoms with Crippen molar-refractivity contribution in [1.82, 2.24) is 25.6 Å². The molecule has 0 bridgehead atoms. The third-order valence-electron chi connectivity index (χ3n) is 4.40. The van der Waals surface area contributed by atoms with Crippen molar-refractivity contribution in [1.29, 1.82) is 0 Å². The van der Waals surface area contributed by atoms with Crippen molar-refractivity contribution in [3.8, 4) is 10.6 Å². The van der Waals surface area contributed by atoms with Gasteiger partial charge in [0.1, 0.15) is 0 Å². The Balaban J connectivity index is 1.43. The van der Waals surface area contributed by atoms with Gasteiger partial charge in [0.05, 0.1) is 28.5 Å². The van der Waals surface area contributed by atoms with Crippen molar-refractivity contribution in [3.63, 3.8) is 0 Å². The molecule has 1 fully saturated rings. The number of nitrogens with one attached hydrogen (secondary N) is 2. The lowest BCUT2D eigenvalue weighted by Gasteiger charge is -2.23. The van der Waals surface area contributed by atoms with Gasteiger partial charge in [-0.25, -0.2) is 4.79 Å². The summed E-state index contributed by atoms with van der Waals surface area (Å²) in [6.45, 7) is 3.04. The lowest BCUT2D eigenvalue weighted by Crippen LogP contribution is -2.39. The molecule has 0 spiro atoms. The largest absolute Gasteiger partial charge is 0.359 e. The number of carbonyl (C=O) groups is 1. The van der Waals surface area contributed by atoms with Crippen LogP contribution < -0.4 is 5.32 Å². The fourth-order valence-corrected chi connectivity index (χ4v) is 3.95. The number of urea groups is 1. The lowest BCUT2D eigenvalue weighted by molar-refractivity contribution is 0.182. The van der Waals surface area contributed by atoms with E-state index in [1.807, 2.05) is 35.4 Å². The minimum absolute atomic E-state index is 0.0395. The van der Waals surface area contributed by atoms with E-state index < -0.39 is 0 Å². The van der Waals surface area contributed by atoms with E-state index in [0.29, 0.717) is 6.54 Å². The third-order valence-corrected chi connectivity index (χ3v) is 5.29. The van der Waals surface area contributed by atoms with E-state index in [-0.39, 0.29) is 12.1 Å². The van der Waals surface area contributed by atoms with Gasteiger partial charge in [-0.2, -0.15) is 5.10 Å². The minimum atomic E-state index is -0.0881. The average molecular weight is 357 g/mol. The van der Waals surface area contributed by atoms with Crippen LogP contribution in [0.3, 0.4) is 0 Å². The van der Waals surface area contributed by atoms with Gasteiger partial charge in [-0.15, -0.1) is 11.3 Å². The van der Waals surface area contributed by atoms with Crippen molar-refractivity contribution in [3.05, 3.63) is 46.8 Å². The number of hydrogen-bond donors (Lipinski definition) is 2. The Hall–Kier alpha value is -2.61. The predicted molar refractivity (Wildman–Crippen MR) is 94.1 cm³/mol. The van der Waals surface area contributed by atoms with Gasteiger partial charge in [-0.3, -0.25) is 5.10 Å². The zero-order valence-corrected chi connectivity index (χ0v) is 14.7. The molecule has 2 N–H and O–H groups in total.